The van der Waals surface area contributed by atoms with Crippen LogP contribution >= 0.6 is 0 Å². The van der Waals surface area contributed by atoms with Crippen LogP contribution in [0.25, 0.3) is 0 Å². The van der Waals surface area contributed by atoms with Gasteiger partial charge in [0.25, 0.3) is 0 Å². The largest absolute Gasteiger partial charge is 0.370 e. The molecule has 17 heavy (non-hydrogen) atoms. The zero-order chi connectivity index (χ0) is 12.9. The third kappa shape index (κ3) is 4.80. The lowest BCUT2D eigenvalue weighted by Gasteiger charge is -2.42. The molecule has 3 N–H and O–H groups in total. The normalized spacial score (nSPS) is 18.9. The van der Waals surface area contributed by atoms with Gasteiger partial charge in [0.05, 0.1) is 0 Å². The van der Waals surface area contributed by atoms with Crippen molar-refractivity contribution >= 4 is 5.96 Å². The summed E-state index contributed by atoms with van der Waals surface area (Å²) in [6.07, 6.45) is 5.23. The van der Waals surface area contributed by atoms with E-state index in [4.69, 9.17) is 5.73 Å². The maximum Gasteiger partial charge on any atom is 0.188 e. The molecule has 1 aliphatic carbocycles. The predicted octanol–water partition coefficient (Wildman–Crippen LogP) is 2.68. The first-order chi connectivity index (χ1) is 7.93. The zero-order valence-corrected chi connectivity index (χ0v) is 11.6. The molecular formula is C14H27N3. The van der Waals surface area contributed by atoms with Gasteiger partial charge in [-0.2, -0.15) is 0 Å². The lowest BCUT2D eigenvalue weighted by atomic mass is 9.64. The average molecular weight is 237 g/mol. The van der Waals surface area contributed by atoms with Crippen LogP contribution in [0.3, 0.4) is 0 Å². The SMILES string of the molecule is C=C(C)CNC(N)=NCC1(CC(C)C)CCC1. The molecule has 3 heteroatoms. The summed E-state index contributed by atoms with van der Waals surface area (Å²) in [6.45, 7) is 12.0. The molecule has 0 aromatic heterocycles. The number of nitrogens with one attached hydrogen (secondary N) is 1. The Bertz CT molecular complexity index is 288. The summed E-state index contributed by atoms with van der Waals surface area (Å²) in [5.74, 6) is 1.30. The minimum absolute atomic E-state index is 0.434. The molecule has 0 aromatic carbocycles. The van der Waals surface area contributed by atoms with Crippen LogP contribution < -0.4 is 11.1 Å². The second kappa shape index (κ2) is 6.08. The Morgan fingerprint density at radius 1 is 1.47 bits per heavy atom. The highest BCUT2D eigenvalue weighted by atomic mass is 15.1. The van der Waals surface area contributed by atoms with Gasteiger partial charge < -0.3 is 11.1 Å². The molecule has 1 aliphatic rings. The van der Waals surface area contributed by atoms with Crippen molar-refractivity contribution in [1.29, 1.82) is 0 Å². The highest BCUT2D eigenvalue weighted by Gasteiger charge is 2.37. The predicted molar refractivity (Wildman–Crippen MR) is 75.0 cm³/mol. The van der Waals surface area contributed by atoms with E-state index < -0.39 is 0 Å². The Labute approximate surface area is 106 Å². The van der Waals surface area contributed by atoms with E-state index in [1.54, 1.807) is 0 Å². The van der Waals surface area contributed by atoms with Gasteiger partial charge in [0.2, 0.25) is 0 Å². The number of hydrogen-bond acceptors (Lipinski definition) is 1. The maximum atomic E-state index is 5.84. The molecule has 0 aromatic rings. The van der Waals surface area contributed by atoms with Crippen LogP contribution in [0.5, 0.6) is 0 Å². The Hall–Kier alpha value is -0.990. The second-order valence-electron chi connectivity index (χ2n) is 5.96. The van der Waals surface area contributed by atoms with E-state index in [-0.39, 0.29) is 0 Å². The zero-order valence-electron chi connectivity index (χ0n) is 11.6. The van der Waals surface area contributed by atoms with Crippen LogP contribution in [-0.2, 0) is 0 Å². The van der Waals surface area contributed by atoms with Crippen molar-refractivity contribution in [1.82, 2.24) is 5.32 Å². The summed E-state index contributed by atoms with van der Waals surface area (Å²) in [5.41, 5.74) is 7.34. The minimum Gasteiger partial charge on any atom is -0.370 e. The molecule has 0 unspecified atom stereocenters. The van der Waals surface area contributed by atoms with Crippen molar-refractivity contribution in [2.45, 2.75) is 46.5 Å². The molecular weight excluding hydrogens is 210 g/mol. The molecule has 0 amide bonds. The van der Waals surface area contributed by atoms with Gasteiger partial charge in [-0.3, -0.25) is 4.99 Å². The third-order valence-corrected chi connectivity index (χ3v) is 3.41. The molecule has 0 saturated heterocycles. The van der Waals surface area contributed by atoms with E-state index in [2.05, 4.69) is 30.7 Å². The number of rotatable bonds is 6. The summed E-state index contributed by atoms with van der Waals surface area (Å²) in [4.78, 5) is 4.49. The average Bonchev–Trinajstić information content (AvgIpc) is 2.18. The molecule has 0 heterocycles. The minimum atomic E-state index is 0.434. The third-order valence-electron chi connectivity index (χ3n) is 3.41. The first-order valence-corrected chi connectivity index (χ1v) is 6.62. The van der Waals surface area contributed by atoms with Gasteiger partial charge in [-0.15, -0.1) is 0 Å². The number of nitrogens with two attached hydrogens (primary N) is 1. The summed E-state index contributed by atoms with van der Waals surface area (Å²) in [7, 11) is 0. The van der Waals surface area contributed by atoms with Crippen molar-refractivity contribution in [3.63, 3.8) is 0 Å². The van der Waals surface area contributed by atoms with Gasteiger partial charge in [-0.05, 0) is 37.5 Å². The van der Waals surface area contributed by atoms with Crippen LogP contribution in [0, 0.1) is 11.3 Å². The Morgan fingerprint density at radius 2 is 2.12 bits per heavy atom. The van der Waals surface area contributed by atoms with E-state index in [1.165, 1.54) is 25.7 Å². The molecule has 98 valence electrons. The topological polar surface area (TPSA) is 50.4 Å². The second-order valence-corrected chi connectivity index (χ2v) is 5.96. The Balaban J connectivity index is 2.40. The van der Waals surface area contributed by atoms with E-state index >= 15 is 0 Å². The molecule has 0 radical (unpaired) electrons. The number of aliphatic imine (C=N–C) groups is 1. The van der Waals surface area contributed by atoms with Gasteiger partial charge in [-0.1, -0.05) is 32.4 Å². The van der Waals surface area contributed by atoms with Crippen molar-refractivity contribution in [3.05, 3.63) is 12.2 Å². The summed E-state index contributed by atoms with van der Waals surface area (Å²) >= 11 is 0. The molecule has 0 aliphatic heterocycles. The Morgan fingerprint density at radius 3 is 2.53 bits per heavy atom. The van der Waals surface area contributed by atoms with E-state index in [0.717, 1.165) is 18.0 Å². The monoisotopic (exact) mass is 237 g/mol. The Kier molecular flexibility index (Phi) is 5.03. The van der Waals surface area contributed by atoms with Crippen LogP contribution in [0.15, 0.2) is 17.1 Å². The standard InChI is InChI=1S/C14H27N3/c1-11(2)8-14(6-5-7-14)10-17-13(15)16-9-12(3)4/h11H,3,5-10H2,1-2,4H3,(H3,15,16,17). The van der Waals surface area contributed by atoms with Crippen LogP contribution in [0.4, 0.5) is 0 Å². The van der Waals surface area contributed by atoms with Gasteiger partial charge in [0.15, 0.2) is 5.96 Å². The fraction of sp³-hybridized carbons (Fsp3) is 0.786. The highest BCUT2D eigenvalue weighted by Crippen LogP contribution is 2.46. The van der Waals surface area contributed by atoms with Crippen molar-refractivity contribution in [3.8, 4) is 0 Å². The molecule has 0 atom stereocenters. The molecule has 3 nitrogen and oxygen atoms in total. The van der Waals surface area contributed by atoms with Crippen LogP contribution in [-0.4, -0.2) is 19.0 Å². The van der Waals surface area contributed by atoms with Crippen LogP contribution in [0.2, 0.25) is 0 Å². The molecule has 1 saturated carbocycles. The lowest BCUT2D eigenvalue weighted by Crippen LogP contribution is -2.38. The number of guanidine groups is 1. The summed E-state index contributed by atoms with van der Waals surface area (Å²) < 4.78 is 0. The number of nitrogens with zero attached hydrogens (tertiary/aromatic N) is 1. The maximum absolute atomic E-state index is 5.84. The first kappa shape index (κ1) is 14.1. The van der Waals surface area contributed by atoms with Crippen molar-refractivity contribution in [2.24, 2.45) is 22.1 Å². The van der Waals surface area contributed by atoms with Crippen molar-refractivity contribution in [2.75, 3.05) is 13.1 Å². The summed E-state index contributed by atoms with van der Waals surface area (Å²) in [5, 5.41) is 3.08. The fourth-order valence-electron chi connectivity index (χ4n) is 2.52. The van der Waals surface area contributed by atoms with Gasteiger partial charge in [0.1, 0.15) is 0 Å². The van der Waals surface area contributed by atoms with Crippen molar-refractivity contribution < 1.29 is 0 Å². The first-order valence-electron chi connectivity index (χ1n) is 6.62. The molecule has 1 fully saturated rings. The summed E-state index contributed by atoms with van der Waals surface area (Å²) in [6, 6.07) is 0. The highest BCUT2D eigenvalue weighted by molar-refractivity contribution is 5.78. The molecule has 0 bridgehead atoms. The number of hydrogen-bond donors (Lipinski definition) is 2. The lowest BCUT2D eigenvalue weighted by molar-refractivity contribution is 0.111. The quantitative estimate of drug-likeness (QED) is 0.424. The van der Waals surface area contributed by atoms with Gasteiger partial charge >= 0.3 is 0 Å². The fourth-order valence-corrected chi connectivity index (χ4v) is 2.52. The van der Waals surface area contributed by atoms with Gasteiger partial charge in [-0.25, -0.2) is 0 Å². The van der Waals surface area contributed by atoms with E-state index in [0.29, 0.717) is 17.9 Å². The van der Waals surface area contributed by atoms with Crippen LogP contribution in [0.1, 0.15) is 46.5 Å². The van der Waals surface area contributed by atoms with E-state index in [9.17, 15) is 0 Å². The van der Waals surface area contributed by atoms with E-state index in [1.807, 2.05) is 6.92 Å². The van der Waals surface area contributed by atoms with Gasteiger partial charge in [0, 0.05) is 13.1 Å². The molecule has 1 rings (SSSR count). The smallest absolute Gasteiger partial charge is 0.188 e. The molecule has 0 spiro atoms.